The number of sulfonamides is 1. The van der Waals surface area contributed by atoms with Crippen LogP contribution in [-0.2, 0) is 10.0 Å². The first-order valence-electron chi connectivity index (χ1n) is 9.32. The number of benzene rings is 3. The van der Waals surface area contributed by atoms with Gasteiger partial charge in [-0.1, -0.05) is 23.8 Å². The summed E-state index contributed by atoms with van der Waals surface area (Å²) in [5, 5.41) is 10.1. The van der Waals surface area contributed by atoms with Crippen molar-refractivity contribution >= 4 is 27.6 Å². The fraction of sp³-hybridized carbons (Fsp3) is 0.174. The molecule has 6 nitrogen and oxygen atoms in total. The van der Waals surface area contributed by atoms with Crippen molar-refractivity contribution < 1.29 is 18.3 Å². The van der Waals surface area contributed by atoms with Crippen molar-refractivity contribution in [3.8, 4) is 11.5 Å². The molecule has 0 unspecified atom stereocenters. The molecule has 0 aliphatic heterocycles. The second-order valence-electron chi connectivity index (χ2n) is 7.03. The minimum absolute atomic E-state index is 0.00372. The highest BCUT2D eigenvalue weighted by molar-refractivity contribution is 7.92. The number of methoxy groups -OCH3 is 1. The van der Waals surface area contributed by atoms with E-state index >= 15 is 0 Å². The standard InChI is InChI=1S/C23H24N2O4S/c1-15-12-16(2)22(17(3)13-15)25-30(27,28)20-10-8-19(9-11-20)24-14-18-6-5-7-21(29-4)23(18)26/h5-14,25-26H,1-4H3. The van der Waals surface area contributed by atoms with Gasteiger partial charge < -0.3 is 9.84 Å². The molecule has 156 valence electrons. The van der Waals surface area contributed by atoms with Crippen molar-refractivity contribution in [2.24, 2.45) is 4.99 Å². The number of anilines is 1. The van der Waals surface area contributed by atoms with Gasteiger partial charge in [-0.15, -0.1) is 0 Å². The van der Waals surface area contributed by atoms with Gasteiger partial charge in [0.25, 0.3) is 10.0 Å². The van der Waals surface area contributed by atoms with Gasteiger partial charge in [-0.25, -0.2) is 8.42 Å². The maximum absolute atomic E-state index is 12.8. The van der Waals surface area contributed by atoms with E-state index in [1.165, 1.54) is 25.5 Å². The summed E-state index contributed by atoms with van der Waals surface area (Å²) >= 11 is 0. The van der Waals surface area contributed by atoms with Crippen LogP contribution in [0.1, 0.15) is 22.3 Å². The lowest BCUT2D eigenvalue weighted by molar-refractivity contribution is 0.373. The molecule has 0 spiro atoms. The lowest BCUT2D eigenvalue weighted by Gasteiger charge is -2.14. The zero-order valence-corrected chi connectivity index (χ0v) is 18.1. The Bertz CT molecular complexity index is 1180. The minimum Gasteiger partial charge on any atom is -0.504 e. The monoisotopic (exact) mass is 424 g/mol. The van der Waals surface area contributed by atoms with E-state index in [1.54, 1.807) is 30.3 Å². The number of rotatable bonds is 6. The molecule has 3 rings (SSSR count). The van der Waals surface area contributed by atoms with Crippen molar-refractivity contribution in [3.05, 3.63) is 76.9 Å². The maximum Gasteiger partial charge on any atom is 0.261 e. The first-order chi connectivity index (χ1) is 14.2. The number of ether oxygens (including phenoxy) is 1. The van der Waals surface area contributed by atoms with Crippen molar-refractivity contribution in [1.82, 2.24) is 0 Å². The summed E-state index contributed by atoms with van der Waals surface area (Å²) in [6.07, 6.45) is 1.50. The molecule has 0 aliphatic carbocycles. The van der Waals surface area contributed by atoms with Gasteiger partial charge in [0.2, 0.25) is 0 Å². The molecule has 0 radical (unpaired) electrons. The van der Waals surface area contributed by atoms with E-state index in [9.17, 15) is 13.5 Å². The van der Waals surface area contributed by atoms with Gasteiger partial charge in [0, 0.05) is 11.8 Å². The number of para-hydroxylation sites is 1. The molecule has 0 atom stereocenters. The third kappa shape index (κ3) is 4.63. The highest BCUT2D eigenvalue weighted by atomic mass is 32.2. The van der Waals surface area contributed by atoms with Crippen LogP contribution in [-0.4, -0.2) is 26.8 Å². The number of aryl methyl sites for hydroxylation is 3. The SMILES string of the molecule is COc1cccc(C=Nc2ccc(S(=O)(=O)Nc3c(C)cc(C)cc3C)cc2)c1O. The van der Waals surface area contributed by atoms with Crippen LogP contribution in [0, 0.1) is 20.8 Å². The van der Waals surface area contributed by atoms with Gasteiger partial charge in [-0.3, -0.25) is 9.71 Å². The number of hydrogen-bond acceptors (Lipinski definition) is 5. The first-order valence-corrected chi connectivity index (χ1v) is 10.8. The van der Waals surface area contributed by atoms with Crippen molar-refractivity contribution in [2.45, 2.75) is 25.7 Å². The molecule has 0 bridgehead atoms. The van der Waals surface area contributed by atoms with Gasteiger partial charge in [0.1, 0.15) is 0 Å². The summed E-state index contributed by atoms with van der Waals surface area (Å²) < 4.78 is 33.4. The molecular weight excluding hydrogens is 400 g/mol. The van der Waals surface area contributed by atoms with Crippen molar-refractivity contribution in [3.63, 3.8) is 0 Å². The molecule has 30 heavy (non-hydrogen) atoms. The summed E-state index contributed by atoms with van der Waals surface area (Å²) in [5.74, 6) is 0.351. The summed E-state index contributed by atoms with van der Waals surface area (Å²) in [5.41, 5.74) is 4.47. The molecule has 2 N–H and O–H groups in total. The number of aliphatic imine (C=N–C) groups is 1. The third-order valence-corrected chi connectivity index (χ3v) is 6.03. The predicted octanol–water partition coefficient (Wildman–Crippen LogP) is 4.88. The van der Waals surface area contributed by atoms with Crippen LogP contribution in [0.2, 0.25) is 0 Å². The van der Waals surface area contributed by atoms with E-state index < -0.39 is 10.0 Å². The van der Waals surface area contributed by atoms with Gasteiger partial charge in [0.15, 0.2) is 11.5 Å². The number of nitrogens with zero attached hydrogens (tertiary/aromatic N) is 1. The second kappa shape index (κ2) is 8.59. The lowest BCUT2D eigenvalue weighted by Crippen LogP contribution is -2.14. The third-order valence-electron chi connectivity index (χ3n) is 4.66. The number of hydrogen-bond donors (Lipinski definition) is 2. The Hall–Kier alpha value is -3.32. The molecule has 0 heterocycles. The number of phenols is 1. The lowest BCUT2D eigenvalue weighted by atomic mass is 10.1. The Labute approximate surface area is 176 Å². The van der Waals surface area contributed by atoms with E-state index in [2.05, 4.69) is 9.71 Å². The molecule has 0 saturated carbocycles. The average Bonchev–Trinajstić information content (AvgIpc) is 2.70. The number of nitrogens with one attached hydrogen (secondary N) is 1. The highest BCUT2D eigenvalue weighted by Crippen LogP contribution is 2.29. The Morgan fingerprint density at radius 2 is 1.63 bits per heavy atom. The van der Waals surface area contributed by atoms with Gasteiger partial charge in [0.05, 0.1) is 23.4 Å². The van der Waals surface area contributed by atoms with E-state index in [-0.39, 0.29) is 10.6 Å². The molecule has 0 aromatic heterocycles. The molecule has 0 aliphatic rings. The van der Waals surface area contributed by atoms with Crippen molar-refractivity contribution in [2.75, 3.05) is 11.8 Å². The summed E-state index contributed by atoms with van der Waals surface area (Å²) in [4.78, 5) is 4.45. The van der Waals surface area contributed by atoms with Crippen LogP contribution in [0.3, 0.4) is 0 Å². The van der Waals surface area contributed by atoms with Crippen LogP contribution in [0.25, 0.3) is 0 Å². The van der Waals surface area contributed by atoms with Crippen molar-refractivity contribution in [1.29, 1.82) is 0 Å². The zero-order chi connectivity index (χ0) is 21.9. The molecular formula is C23H24N2O4S. The molecule has 0 amide bonds. The highest BCUT2D eigenvalue weighted by Gasteiger charge is 2.16. The first kappa shape index (κ1) is 21.4. The summed E-state index contributed by atoms with van der Waals surface area (Å²) in [6.45, 7) is 5.73. The maximum atomic E-state index is 12.8. The average molecular weight is 425 g/mol. The van der Waals surface area contributed by atoms with E-state index in [4.69, 9.17) is 4.74 Å². The normalized spacial score (nSPS) is 11.6. The molecule has 7 heteroatoms. The minimum atomic E-state index is -3.73. The van der Waals surface area contributed by atoms with Gasteiger partial charge in [-0.2, -0.15) is 0 Å². The van der Waals surface area contributed by atoms with E-state index in [0.29, 0.717) is 22.7 Å². The molecule has 3 aromatic carbocycles. The Morgan fingerprint density at radius 3 is 2.23 bits per heavy atom. The zero-order valence-electron chi connectivity index (χ0n) is 17.3. The number of aromatic hydroxyl groups is 1. The van der Waals surface area contributed by atoms with Crippen LogP contribution in [0.5, 0.6) is 11.5 Å². The fourth-order valence-electron chi connectivity index (χ4n) is 3.20. The van der Waals surface area contributed by atoms with Crippen LogP contribution in [0.4, 0.5) is 11.4 Å². The Kier molecular flexibility index (Phi) is 6.12. The van der Waals surface area contributed by atoms with Crippen LogP contribution >= 0.6 is 0 Å². The Morgan fingerprint density at radius 1 is 1.00 bits per heavy atom. The van der Waals surface area contributed by atoms with Gasteiger partial charge in [-0.05, 0) is 68.3 Å². The summed E-state index contributed by atoms with van der Waals surface area (Å²) in [6, 6.07) is 15.2. The van der Waals surface area contributed by atoms with Crippen LogP contribution < -0.4 is 9.46 Å². The predicted molar refractivity (Wildman–Crippen MR) is 120 cm³/mol. The van der Waals surface area contributed by atoms with E-state index in [0.717, 1.165) is 16.7 Å². The largest absolute Gasteiger partial charge is 0.504 e. The van der Waals surface area contributed by atoms with Crippen LogP contribution in [0.15, 0.2) is 64.5 Å². The number of phenolic OH excluding ortho intramolecular Hbond substituents is 1. The Balaban J connectivity index is 1.82. The topological polar surface area (TPSA) is 88.0 Å². The summed E-state index contributed by atoms with van der Waals surface area (Å²) in [7, 11) is -2.25. The van der Waals surface area contributed by atoms with Gasteiger partial charge >= 0.3 is 0 Å². The smallest absolute Gasteiger partial charge is 0.261 e. The van der Waals surface area contributed by atoms with E-state index in [1.807, 2.05) is 32.9 Å². The molecule has 3 aromatic rings. The molecule has 0 fully saturated rings. The fourth-order valence-corrected chi connectivity index (χ4v) is 4.40. The quantitative estimate of drug-likeness (QED) is 0.552. The molecule has 0 saturated heterocycles. The second-order valence-corrected chi connectivity index (χ2v) is 8.71.